The molecule has 1 fully saturated rings. The zero-order valence-corrected chi connectivity index (χ0v) is 16.7. The molecule has 1 atom stereocenters. The Hall–Kier alpha value is -3.03. The van der Waals surface area contributed by atoms with Crippen molar-refractivity contribution in [3.63, 3.8) is 0 Å². The van der Waals surface area contributed by atoms with E-state index in [2.05, 4.69) is 22.2 Å². The lowest BCUT2D eigenvalue weighted by Gasteiger charge is -2.30. The Balaban J connectivity index is 1.82. The number of carbonyl (C=O) groups is 1. The molecule has 150 valence electrons. The second-order valence-electron chi connectivity index (χ2n) is 6.80. The van der Waals surface area contributed by atoms with E-state index in [4.69, 9.17) is 14.2 Å². The maximum Gasteiger partial charge on any atom is 0.272 e. The highest BCUT2D eigenvalue weighted by atomic mass is 16.5. The Morgan fingerprint density at radius 2 is 1.89 bits per heavy atom. The van der Waals surface area contributed by atoms with Gasteiger partial charge >= 0.3 is 0 Å². The van der Waals surface area contributed by atoms with E-state index in [1.807, 2.05) is 4.90 Å². The van der Waals surface area contributed by atoms with Crippen molar-refractivity contribution in [3.8, 4) is 17.2 Å². The molecule has 2 heterocycles. The third-order valence-corrected chi connectivity index (χ3v) is 4.74. The van der Waals surface area contributed by atoms with Gasteiger partial charge < -0.3 is 24.4 Å². The molecule has 1 aliphatic rings. The molecule has 0 bridgehead atoms. The van der Waals surface area contributed by atoms with Crippen molar-refractivity contribution in [2.45, 2.75) is 19.8 Å². The van der Waals surface area contributed by atoms with Gasteiger partial charge in [-0.1, -0.05) is 6.92 Å². The van der Waals surface area contributed by atoms with E-state index in [0.717, 1.165) is 25.9 Å². The monoisotopic (exact) mass is 386 g/mol. The molecule has 0 aliphatic carbocycles. The van der Waals surface area contributed by atoms with Gasteiger partial charge in [0.05, 0.1) is 21.3 Å². The van der Waals surface area contributed by atoms with Gasteiger partial charge in [-0.15, -0.1) is 0 Å². The van der Waals surface area contributed by atoms with Crippen LogP contribution in [0.15, 0.2) is 24.4 Å². The van der Waals surface area contributed by atoms with E-state index in [1.165, 1.54) is 0 Å². The van der Waals surface area contributed by atoms with Crippen molar-refractivity contribution in [3.05, 3.63) is 30.1 Å². The fraction of sp³-hybridized carbons (Fsp3) is 0.450. The fourth-order valence-corrected chi connectivity index (χ4v) is 3.36. The van der Waals surface area contributed by atoms with Crippen LogP contribution in [-0.2, 0) is 0 Å². The molecule has 1 aromatic heterocycles. The number of hydrogen-bond donors (Lipinski definition) is 1. The fourth-order valence-electron chi connectivity index (χ4n) is 3.36. The Bertz CT molecular complexity index is 818. The number of ether oxygens (including phenoxy) is 3. The van der Waals surface area contributed by atoms with E-state index < -0.39 is 0 Å². The average Bonchev–Trinajstić information content (AvgIpc) is 2.72. The lowest BCUT2D eigenvalue weighted by molar-refractivity contribution is 0.0677. The topological polar surface area (TPSA) is 85.8 Å². The highest BCUT2D eigenvalue weighted by molar-refractivity contribution is 5.92. The van der Waals surface area contributed by atoms with Crippen molar-refractivity contribution < 1.29 is 19.0 Å². The van der Waals surface area contributed by atoms with E-state index in [9.17, 15) is 4.79 Å². The first-order chi connectivity index (χ1) is 13.5. The molecule has 28 heavy (non-hydrogen) atoms. The van der Waals surface area contributed by atoms with Gasteiger partial charge in [-0.05, 0) is 24.8 Å². The van der Waals surface area contributed by atoms with Gasteiger partial charge in [0.2, 0.25) is 11.7 Å². The number of nitrogens with one attached hydrogen (secondary N) is 1. The van der Waals surface area contributed by atoms with E-state index in [-0.39, 0.29) is 5.91 Å². The van der Waals surface area contributed by atoms with Gasteiger partial charge in [0, 0.05) is 37.1 Å². The first-order valence-electron chi connectivity index (χ1n) is 9.25. The van der Waals surface area contributed by atoms with Gasteiger partial charge in [0.15, 0.2) is 11.5 Å². The van der Waals surface area contributed by atoms with E-state index in [1.54, 1.807) is 45.7 Å². The summed E-state index contributed by atoms with van der Waals surface area (Å²) < 4.78 is 16.1. The van der Waals surface area contributed by atoms with E-state index in [0.29, 0.717) is 40.5 Å². The van der Waals surface area contributed by atoms with Crippen molar-refractivity contribution >= 4 is 17.5 Å². The summed E-state index contributed by atoms with van der Waals surface area (Å²) in [5.74, 6) is 2.29. The number of methoxy groups -OCH3 is 3. The van der Waals surface area contributed by atoms with Crippen molar-refractivity contribution in [1.82, 2.24) is 14.9 Å². The van der Waals surface area contributed by atoms with Crippen LogP contribution in [0.2, 0.25) is 0 Å². The molecule has 1 aromatic carbocycles. The minimum atomic E-state index is -0.0677. The molecule has 0 saturated carbocycles. The number of hydrogen-bond acceptors (Lipinski definition) is 7. The lowest BCUT2D eigenvalue weighted by Crippen LogP contribution is -2.39. The molecular formula is C20H26N4O4. The third kappa shape index (κ3) is 4.27. The normalized spacial score (nSPS) is 16.4. The van der Waals surface area contributed by atoms with Gasteiger partial charge in [-0.25, -0.2) is 9.97 Å². The van der Waals surface area contributed by atoms with Crippen LogP contribution >= 0.6 is 0 Å². The second-order valence-corrected chi connectivity index (χ2v) is 6.80. The zero-order valence-electron chi connectivity index (χ0n) is 16.7. The van der Waals surface area contributed by atoms with Crippen LogP contribution in [-0.4, -0.2) is 55.2 Å². The molecular weight excluding hydrogens is 360 g/mol. The summed E-state index contributed by atoms with van der Waals surface area (Å²) in [6, 6.07) is 5.15. The Labute approximate surface area is 164 Å². The van der Waals surface area contributed by atoms with Crippen LogP contribution < -0.4 is 19.5 Å². The van der Waals surface area contributed by atoms with E-state index >= 15 is 0 Å². The first kappa shape index (κ1) is 19.7. The van der Waals surface area contributed by atoms with Gasteiger partial charge in [-0.2, -0.15) is 0 Å². The van der Waals surface area contributed by atoms with Gasteiger partial charge in [0.1, 0.15) is 5.69 Å². The number of aromatic nitrogens is 2. The second kappa shape index (κ2) is 8.77. The van der Waals surface area contributed by atoms with Crippen molar-refractivity contribution in [2.24, 2.45) is 5.92 Å². The first-order valence-corrected chi connectivity index (χ1v) is 9.25. The molecule has 1 amide bonds. The number of carbonyl (C=O) groups excluding carboxylic acids is 1. The van der Waals surface area contributed by atoms with Crippen LogP contribution in [0.25, 0.3) is 0 Å². The standard InChI is InChI=1S/C20H26N4O4/c1-13-6-5-9-24(12-13)19(25)15-7-8-21-20(23-15)22-14-10-16(26-2)18(28-4)17(11-14)27-3/h7-8,10-11,13H,5-6,9,12H2,1-4H3,(H,21,22,23). The molecule has 8 nitrogen and oxygen atoms in total. The van der Waals surface area contributed by atoms with Crippen molar-refractivity contribution in [2.75, 3.05) is 39.7 Å². The summed E-state index contributed by atoms with van der Waals surface area (Å²) in [5.41, 5.74) is 1.03. The number of amides is 1. The predicted molar refractivity (Wildman–Crippen MR) is 106 cm³/mol. The summed E-state index contributed by atoms with van der Waals surface area (Å²) in [5, 5.41) is 3.10. The number of nitrogens with zero attached hydrogens (tertiary/aromatic N) is 3. The number of benzene rings is 1. The molecule has 1 N–H and O–H groups in total. The molecule has 0 radical (unpaired) electrons. The van der Waals surface area contributed by atoms with Gasteiger partial charge in [0.25, 0.3) is 5.91 Å². The average molecular weight is 386 g/mol. The lowest BCUT2D eigenvalue weighted by atomic mass is 10.00. The summed E-state index contributed by atoms with van der Waals surface area (Å²) in [4.78, 5) is 23.3. The summed E-state index contributed by atoms with van der Waals surface area (Å²) in [7, 11) is 4.65. The zero-order chi connectivity index (χ0) is 20.1. The quantitative estimate of drug-likeness (QED) is 0.816. The van der Waals surface area contributed by atoms with Crippen LogP contribution in [0, 0.1) is 5.92 Å². The Morgan fingerprint density at radius 1 is 1.18 bits per heavy atom. The summed E-state index contributed by atoms with van der Waals surface area (Å²) >= 11 is 0. The van der Waals surface area contributed by atoms with Crippen LogP contribution in [0.4, 0.5) is 11.6 Å². The maximum atomic E-state index is 12.8. The smallest absolute Gasteiger partial charge is 0.272 e. The summed E-state index contributed by atoms with van der Waals surface area (Å²) in [6.45, 7) is 3.69. The number of piperidine rings is 1. The van der Waals surface area contributed by atoms with Crippen LogP contribution in [0.3, 0.4) is 0 Å². The molecule has 1 unspecified atom stereocenters. The SMILES string of the molecule is COc1cc(Nc2nccc(C(=O)N3CCCC(C)C3)n2)cc(OC)c1OC. The van der Waals surface area contributed by atoms with Crippen molar-refractivity contribution in [1.29, 1.82) is 0 Å². The predicted octanol–water partition coefficient (Wildman–Crippen LogP) is 3.12. The molecule has 2 aromatic rings. The highest BCUT2D eigenvalue weighted by Gasteiger charge is 2.23. The number of likely N-dealkylation sites (tertiary alicyclic amines) is 1. The molecule has 1 aliphatic heterocycles. The largest absolute Gasteiger partial charge is 0.493 e. The number of anilines is 2. The Morgan fingerprint density at radius 3 is 2.50 bits per heavy atom. The number of rotatable bonds is 6. The maximum absolute atomic E-state index is 12.8. The minimum Gasteiger partial charge on any atom is -0.493 e. The van der Waals surface area contributed by atoms with Crippen LogP contribution in [0.5, 0.6) is 17.2 Å². The molecule has 3 rings (SSSR count). The van der Waals surface area contributed by atoms with Crippen LogP contribution in [0.1, 0.15) is 30.3 Å². The molecule has 1 saturated heterocycles. The molecule has 0 spiro atoms. The Kier molecular flexibility index (Phi) is 6.18. The highest BCUT2D eigenvalue weighted by Crippen LogP contribution is 2.40. The minimum absolute atomic E-state index is 0.0677. The summed E-state index contributed by atoms with van der Waals surface area (Å²) in [6.07, 6.45) is 3.75. The molecule has 8 heteroatoms. The third-order valence-electron chi connectivity index (χ3n) is 4.74. The van der Waals surface area contributed by atoms with Gasteiger partial charge in [-0.3, -0.25) is 4.79 Å².